The summed E-state index contributed by atoms with van der Waals surface area (Å²) in [7, 11) is 0.861. The Morgan fingerprint density at radius 3 is 1.29 bits per heavy atom. The second kappa shape index (κ2) is 20.2. The zero-order valence-electron chi connectivity index (χ0n) is 3.89. The van der Waals surface area contributed by atoms with Gasteiger partial charge in [-0.2, -0.15) is 0 Å². The second-order valence-electron chi connectivity index (χ2n) is 0.403. The number of rotatable bonds is 0. The Kier molecular flexibility index (Phi) is 48.3. The molecule has 0 heterocycles. The Hall–Kier alpha value is -1.04. The highest BCUT2D eigenvalue weighted by Crippen LogP contribution is 1.38. The third-order valence-electron chi connectivity index (χ3n) is 0.129. The molecular weight excluding hydrogens is 90.9 g/mol. The van der Waals surface area contributed by atoms with Crippen LogP contribution in [0.2, 0.25) is 0 Å². The van der Waals surface area contributed by atoms with Gasteiger partial charge in [-0.15, -0.1) is 0 Å². The summed E-state index contributed by atoms with van der Waals surface area (Å²) >= 11 is 0. The molecule has 7 heavy (non-hydrogen) atoms. The van der Waals surface area contributed by atoms with Crippen LogP contribution in [-0.4, -0.2) is 7.28 Å². The minimum absolute atomic E-state index is 0. The number of nitriles is 2. The maximum Gasteiger partial charge on any atom is 0.390 e. The molecule has 0 bridgehead atoms. The lowest BCUT2D eigenvalue weighted by atomic mass is 9.85. The lowest BCUT2D eigenvalue weighted by molar-refractivity contribution is 1.55. The Morgan fingerprint density at radius 2 is 1.29 bits per heavy atom. The minimum Gasteiger partial charge on any atom is -0.344 e. The van der Waals surface area contributed by atoms with Crippen LogP contribution in [0.3, 0.4) is 0 Å². The van der Waals surface area contributed by atoms with Gasteiger partial charge in [0, 0.05) is 11.9 Å². The van der Waals surface area contributed by atoms with Gasteiger partial charge in [0.05, 0.1) is 0 Å². The van der Waals surface area contributed by atoms with Crippen molar-refractivity contribution in [1.82, 2.24) is 12.3 Å². The van der Waals surface area contributed by atoms with E-state index < -0.39 is 0 Å². The van der Waals surface area contributed by atoms with E-state index in [0.717, 1.165) is 7.28 Å². The molecule has 1 radical (unpaired) electrons. The van der Waals surface area contributed by atoms with Crippen LogP contribution >= 0.6 is 0 Å². The molecule has 0 unspecified atom stereocenters. The van der Waals surface area contributed by atoms with E-state index in [2.05, 4.69) is 0 Å². The molecule has 0 aromatic rings. The van der Waals surface area contributed by atoms with Gasteiger partial charge in [-0.25, -0.2) is 10.5 Å². The summed E-state index contributed by atoms with van der Waals surface area (Å²) in [6, 6.07) is 0. The predicted molar refractivity (Wildman–Crippen MR) is 27.0 cm³/mol. The van der Waals surface area contributed by atoms with E-state index in [1.807, 2.05) is 0 Å². The van der Waals surface area contributed by atoms with Crippen LogP contribution in [0.5, 0.6) is 0 Å². The average Bonchev–Trinajstić information content (AvgIpc) is 1.41. The molecule has 0 aliphatic carbocycles. The fraction of sp³-hybridized carbons (Fsp3) is 0. The standard InChI is InChI=1S/C2BN2.2H3N/c4-1-3-2-5;;/h;2*1H3. The molecule has 0 aliphatic rings. The van der Waals surface area contributed by atoms with E-state index >= 15 is 0 Å². The highest BCUT2D eigenvalue weighted by Gasteiger charge is 1.71. The van der Waals surface area contributed by atoms with E-state index in [4.69, 9.17) is 10.5 Å². The highest BCUT2D eigenvalue weighted by molar-refractivity contribution is 6.53. The molecular formula is C2H6BN4. The molecule has 0 saturated carbocycles. The highest BCUT2D eigenvalue weighted by atomic mass is 14.2. The first-order chi connectivity index (χ1) is 2.41. The Morgan fingerprint density at radius 1 is 1.00 bits per heavy atom. The van der Waals surface area contributed by atoms with Crippen LogP contribution < -0.4 is 12.3 Å². The quantitative estimate of drug-likeness (QED) is 0.412. The zero-order valence-corrected chi connectivity index (χ0v) is 3.89. The SMILES string of the molecule is N.N.N#C[B]C#N. The van der Waals surface area contributed by atoms with Crippen molar-refractivity contribution in [1.29, 1.82) is 10.5 Å². The molecule has 0 aliphatic heterocycles. The van der Waals surface area contributed by atoms with Crippen LogP contribution in [0, 0.1) is 22.5 Å². The molecule has 0 spiro atoms. The van der Waals surface area contributed by atoms with Crippen molar-refractivity contribution in [2.24, 2.45) is 0 Å². The van der Waals surface area contributed by atoms with Crippen LogP contribution in [0.1, 0.15) is 0 Å². The largest absolute Gasteiger partial charge is 0.390 e. The van der Waals surface area contributed by atoms with Gasteiger partial charge in [-0.3, -0.25) is 0 Å². The van der Waals surface area contributed by atoms with E-state index in [1.165, 1.54) is 11.9 Å². The van der Waals surface area contributed by atoms with Crippen LogP contribution in [0.15, 0.2) is 0 Å². The summed E-state index contributed by atoms with van der Waals surface area (Å²) in [6.07, 6.45) is 0. The predicted octanol–water partition coefficient (Wildman–Crippen LogP) is -0.0232. The zero-order chi connectivity index (χ0) is 4.12. The van der Waals surface area contributed by atoms with Crippen molar-refractivity contribution in [3.63, 3.8) is 0 Å². The lowest BCUT2D eigenvalue weighted by Crippen LogP contribution is -1.70. The van der Waals surface area contributed by atoms with Crippen LogP contribution in [-0.2, 0) is 0 Å². The third kappa shape index (κ3) is 46.9. The fourth-order valence-corrected chi connectivity index (χ4v) is 0.0289. The van der Waals surface area contributed by atoms with Crippen molar-refractivity contribution in [3.8, 4) is 11.9 Å². The number of nitrogens with zero attached hydrogens (tertiary/aromatic N) is 2. The molecule has 0 saturated heterocycles. The van der Waals surface area contributed by atoms with Gasteiger partial charge in [-0.05, 0) is 0 Å². The van der Waals surface area contributed by atoms with E-state index in [-0.39, 0.29) is 12.3 Å². The summed E-state index contributed by atoms with van der Waals surface area (Å²) in [5.74, 6) is 3.06. The molecule has 5 heteroatoms. The van der Waals surface area contributed by atoms with Gasteiger partial charge >= 0.3 is 7.28 Å². The lowest BCUT2D eigenvalue weighted by Gasteiger charge is -1.39. The average molecular weight is 96.9 g/mol. The normalized spacial score (nSPS) is 2.57. The van der Waals surface area contributed by atoms with Crippen molar-refractivity contribution in [2.45, 2.75) is 0 Å². The molecule has 0 aromatic heterocycles. The maximum atomic E-state index is 7.54. The summed E-state index contributed by atoms with van der Waals surface area (Å²) in [6.45, 7) is 0. The Labute approximate surface area is 43.1 Å². The molecule has 37 valence electrons. The molecule has 0 amide bonds. The van der Waals surface area contributed by atoms with Crippen molar-refractivity contribution < 1.29 is 0 Å². The fourth-order valence-electron chi connectivity index (χ4n) is 0.0289. The van der Waals surface area contributed by atoms with Crippen LogP contribution in [0.4, 0.5) is 0 Å². The Bertz CT molecular complexity index is 74.8. The molecule has 0 fully saturated rings. The van der Waals surface area contributed by atoms with Gasteiger partial charge in [0.15, 0.2) is 0 Å². The second-order valence-corrected chi connectivity index (χ2v) is 0.403. The van der Waals surface area contributed by atoms with Gasteiger partial charge < -0.3 is 12.3 Å². The third-order valence-corrected chi connectivity index (χ3v) is 0.129. The van der Waals surface area contributed by atoms with E-state index in [0.29, 0.717) is 0 Å². The first-order valence-corrected chi connectivity index (χ1v) is 1.02. The van der Waals surface area contributed by atoms with Crippen LogP contribution in [0.25, 0.3) is 0 Å². The Balaban J connectivity index is -0.0000000800. The van der Waals surface area contributed by atoms with Crippen molar-refractivity contribution >= 4 is 7.28 Å². The molecule has 6 N–H and O–H groups in total. The van der Waals surface area contributed by atoms with Gasteiger partial charge in [-0.1, -0.05) is 0 Å². The van der Waals surface area contributed by atoms with Gasteiger partial charge in [0.25, 0.3) is 0 Å². The first kappa shape index (κ1) is 16.7. The summed E-state index contributed by atoms with van der Waals surface area (Å²) < 4.78 is 0. The maximum absolute atomic E-state index is 7.54. The molecule has 0 atom stereocenters. The number of hydrogen-bond acceptors (Lipinski definition) is 4. The molecule has 0 rings (SSSR count). The molecule has 0 aromatic carbocycles. The van der Waals surface area contributed by atoms with Gasteiger partial charge in [0.1, 0.15) is 0 Å². The van der Waals surface area contributed by atoms with Crippen molar-refractivity contribution in [3.05, 3.63) is 0 Å². The van der Waals surface area contributed by atoms with Gasteiger partial charge in [0.2, 0.25) is 0 Å². The van der Waals surface area contributed by atoms with E-state index in [1.54, 1.807) is 0 Å². The molecule has 4 nitrogen and oxygen atoms in total. The van der Waals surface area contributed by atoms with Crippen molar-refractivity contribution in [2.75, 3.05) is 0 Å². The van der Waals surface area contributed by atoms with E-state index in [9.17, 15) is 0 Å². The first-order valence-electron chi connectivity index (χ1n) is 1.02. The monoisotopic (exact) mass is 97.1 g/mol. The minimum atomic E-state index is 0. The topological polar surface area (TPSA) is 118 Å². The smallest absolute Gasteiger partial charge is 0.344 e. The number of hydrogen-bond donors (Lipinski definition) is 2. The summed E-state index contributed by atoms with van der Waals surface area (Å²) in [5, 5.41) is 15.1. The summed E-state index contributed by atoms with van der Waals surface area (Å²) in [4.78, 5) is 0. The summed E-state index contributed by atoms with van der Waals surface area (Å²) in [5.41, 5.74) is 0.